The molecule has 3 unspecified atom stereocenters. The lowest BCUT2D eigenvalue weighted by Gasteiger charge is -2.41. The monoisotopic (exact) mass is 421 g/mol. The van der Waals surface area contributed by atoms with E-state index in [4.69, 9.17) is 0 Å². The third kappa shape index (κ3) is 7.07. The van der Waals surface area contributed by atoms with Crippen molar-refractivity contribution < 1.29 is 0 Å². The maximum absolute atomic E-state index is 4.13. The topological polar surface area (TPSA) is 12.0 Å². The minimum absolute atomic E-state index is 0.328. The Morgan fingerprint density at radius 3 is 2.48 bits per heavy atom. The van der Waals surface area contributed by atoms with Crippen LogP contribution in [0, 0.1) is 29.6 Å². The van der Waals surface area contributed by atoms with Crippen molar-refractivity contribution in [3.63, 3.8) is 0 Å². The highest BCUT2D eigenvalue weighted by Gasteiger charge is 2.47. The van der Waals surface area contributed by atoms with Crippen molar-refractivity contribution in [2.75, 3.05) is 6.54 Å². The van der Waals surface area contributed by atoms with Gasteiger partial charge >= 0.3 is 0 Å². The fourth-order valence-corrected chi connectivity index (χ4v) is 6.46. The average Bonchev–Trinajstić information content (AvgIpc) is 3.47. The van der Waals surface area contributed by atoms with Gasteiger partial charge in [-0.3, -0.25) is 0 Å². The summed E-state index contributed by atoms with van der Waals surface area (Å²) >= 11 is 0. The fourth-order valence-electron chi connectivity index (χ4n) is 6.46. The van der Waals surface area contributed by atoms with E-state index >= 15 is 0 Å². The van der Waals surface area contributed by atoms with Crippen LogP contribution in [0.4, 0.5) is 0 Å². The molecule has 1 heteroatoms. The zero-order chi connectivity index (χ0) is 22.1. The number of rotatable bonds is 11. The maximum Gasteiger partial charge on any atom is 0.0220 e. The molecule has 31 heavy (non-hydrogen) atoms. The van der Waals surface area contributed by atoms with E-state index in [1.165, 1.54) is 57.9 Å². The van der Waals surface area contributed by atoms with Crippen LogP contribution in [0.2, 0.25) is 0 Å². The highest BCUT2D eigenvalue weighted by Crippen LogP contribution is 2.46. The molecule has 0 aromatic carbocycles. The van der Waals surface area contributed by atoms with Crippen molar-refractivity contribution >= 4 is 0 Å². The van der Waals surface area contributed by atoms with E-state index in [0.29, 0.717) is 11.5 Å². The van der Waals surface area contributed by atoms with Crippen LogP contribution in [0.3, 0.4) is 0 Å². The highest BCUT2D eigenvalue weighted by molar-refractivity contribution is 5.25. The van der Waals surface area contributed by atoms with Crippen LogP contribution in [0.15, 0.2) is 60.3 Å². The van der Waals surface area contributed by atoms with Gasteiger partial charge in [0.1, 0.15) is 0 Å². The van der Waals surface area contributed by atoms with Crippen LogP contribution >= 0.6 is 0 Å². The maximum atomic E-state index is 4.13. The molecule has 0 bridgehead atoms. The van der Waals surface area contributed by atoms with Crippen LogP contribution in [0.1, 0.15) is 85.5 Å². The summed E-state index contributed by atoms with van der Waals surface area (Å²) in [6, 6.07) is 0. The molecule has 1 nitrogen and oxygen atoms in total. The molecule has 0 amide bonds. The Balaban J connectivity index is 1.81. The Morgan fingerprint density at radius 2 is 1.81 bits per heavy atom. The third-order valence-corrected chi connectivity index (χ3v) is 7.81. The number of hydrogen-bond acceptors (Lipinski definition) is 1. The Hall–Kier alpha value is -1.34. The molecular weight excluding hydrogens is 374 g/mol. The zero-order valence-electron chi connectivity index (χ0n) is 20.7. The van der Waals surface area contributed by atoms with Gasteiger partial charge in [0.05, 0.1) is 0 Å². The van der Waals surface area contributed by atoms with Crippen LogP contribution in [-0.4, -0.2) is 12.1 Å². The summed E-state index contributed by atoms with van der Waals surface area (Å²) in [6.07, 6.45) is 32.5. The molecule has 3 rings (SSSR count). The summed E-state index contributed by atoms with van der Waals surface area (Å²) in [4.78, 5) is 0. The number of hydrogen-bond donors (Lipinski definition) is 1. The van der Waals surface area contributed by atoms with Crippen LogP contribution in [0.25, 0.3) is 0 Å². The lowest BCUT2D eigenvalue weighted by atomic mass is 9.68. The van der Waals surface area contributed by atoms with Gasteiger partial charge < -0.3 is 5.32 Å². The SMILES string of the molecule is CC/C=C/C=C\C=C(\CC1C=CC=C1)CC1C(C)CNC1(CC(C)C)CC1CCCC1. The van der Waals surface area contributed by atoms with Gasteiger partial charge in [0.15, 0.2) is 0 Å². The highest BCUT2D eigenvalue weighted by atomic mass is 15.0. The third-order valence-electron chi connectivity index (χ3n) is 7.81. The Morgan fingerprint density at radius 1 is 1.06 bits per heavy atom. The molecule has 1 saturated carbocycles. The molecular formula is C30H47N. The summed E-state index contributed by atoms with van der Waals surface area (Å²) in [5, 5.41) is 4.13. The van der Waals surface area contributed by atoms with E-state index in [-0.39, 0.29) is 0 Å². The van der Waals surface area contributed by atoms with E-state index in [2.05, 4.69) is 87.7 Å². The van der Waals surface area contributed by atoms with Gasteiger partial charge in [-0.05, 0) is 68.2 Å². The second-order valence-corrected chi connectivity index (χ2v) is 11.0. The first-order valence-electron chi connectivity index (χ1n) is 13.1. The minimum Gasteiger partial charge on any atom is -0.311 e. The minimum atomic E-state index is 0.328. The first-order valence-corrected chi connectivity index (χ1v) is 13.1. The summed E-state index contributed by atoms with van der Waals surface area (Å²) in [6.45, 7) is 10.7. The molecule has 1 aliphatic heterocycles. The molecule has 172 valence electrons. The molecule has 0 radical (unpaired) electrons. The first-order chi connectivity index (χ1) is 15.0. The summed E-state index contributed by atoms with van der Waals surface area (Å²) in [5.41, 5.74) is 1.96. The van der Waals surface area contributed by atoms with Crippen LogP contribution in [0.5, 0.6) is 0 Å². The van der Waals surface area contributed by atoms with Gasteiger partial charge in [-0.15, -0.1) is 0 Å². The second kappa shape index (κ2) is 12.0. The van der Waals surface area contributed by atoms with E-state index in [1.54, 1.807) is 5.57 Å². The van der Waals surface area contributed by atoms with E-state index in [9.17, 15) is 0 Å². The lowest BCUT2D eigenvalue weighted by molar-refractivity contribution is 0.163. The molecule has 2 fully saturated rings. The fraction of sp³-hybridized carbons (Fsp3) is 0.667. The zero-order valence-corrected chi connectivity index (χ0v) is 20.7. The van der Waals surface area contributed by atoms with E-state index in [1.807, 2.05) is 0 Å². The van der Waals surface area contributed by atoms with Gasteiger partial charge in [0.25, 0.3) is 0 Å². The van der Waals surface area contributed by atoms with Crippen molar-refractivity contribution in [2.45, 2.75) is 91.0 Å². The summed E-state index contributed by atoms with van der Waals surface area (Å²) in [5.74, 6) is 3.75. The molecule has 0 aromatic rings. The van der Waals surface area contributed by atoms with Crippen LogP contribution < -0.4 is 5.32 Å². The van der Waals surface area contributed by atoms with Gasteiger partial charge in [0.2, 0.25) is 0 Å². The Labute approximate surface area is 192 Å². The molecule has 3 aliphatic rings. The van der Waals surface area contributed by atoms with Crippen molar-refractivity contribution in [2.24, 2.45) is 29.6 Å². The van der Waals surface area contributed by atoms with Gasteiger partial charge in [-0.25, -0.2) is 0 Å². The molecule has 0 aromatic heterocycles. The van der Waals surface area contributed by atoms with E-state index in [0.717, 1.165) is 30.1 Å². The standard InChI is InChI=1S/C30H47N/c1-5-6-7-8-9-18-28(19-26-14-10-11-15-26)20-29-25(4)23-31-30(29,21-24(2)3)22-27-16-12-13-17-27/h6-11,14-15,18,24-27,29,31H,5,12-13,16-17,19-23H2,1-4H3/b7-6+,9-8-,28-18-. The second-order valence-electron chi connectivity index (χ2n) is 11.0. The molecule has 1 heterocycles. The molecule has 3 atom stereocenters. The molecule has 0 spiro atoms. The molecule has 1 N–H and O–H groups in total. The quantitative estimate of drug-likeness (QED) is 0.332. The normalized spacial score (nSPS) is 30.3. The van der Waals surface area contributed by atoms with Crippen molar-refractivity contribution in [1.82, 2.24) is 5.32 Å². The van der Waals surface area contributed by atoms with Crippen molar-refractivity contribution in [3.05, 3.63) is 60.3 Å². The van der Waals surface area contributed by atoms with Crippen molar-refractivity contribution in [1.29, 1.82) is 0 Å². The average molecular weight is 422 g/mol. The largest absolute Gasteiger partial charge is 0.311 e. The number of allylic oxidation sites excluding steroid dienone is 10. The predicted molar refractivity (Wildman–Crippen MR) is 137 cm³/mol. The Bertz CT molecular complexity index is 673. The van der Waals surface area contributed by atoms with Gasteiger partial charge in [-0.1, -0.05) is 114 Å². The van der Waals surface area contributed by atoms with Gasteiger partial charge in [0, 0.05) is 5.54 Å². The predicted octanol–water partition coefficient (Wildman–Crippen LogP) is 8.18. The van der Waals surface area contributed by atoms with E-state index < -0.39 is 0 Å². The first kappa shape index (κ1) is 24.3. The van der Waals surface area contributed by atoms with Gasteiger partial charge in [-0.2, -0.15) is 0 Å². The molecule has 2 aliphatic carbocycles. The summed E-state index contributed by atoms with van der Waals surface area (Å²) in [7, 11) is 0. The van der Waals surface area contributed by atoms with Crippen molar-refractivity contribution in [3.8, 4) is 0 Å². The number of nitrogens with one attached hydrogen (secondary N) is 1. The van der Waals surface area contributed by atoms with Crippen LogP contribution in [-0.2, 0) is 0 Å². The summed E-state index contributed by atoms with van der Waals surface area (Å²) < 4.78 is 0. The molecule has 1 saturated heterocycles. The smallest absolute Gasteiger partial charge is 0.0220 e. The lowest BCUT2D eigenvalue weighted by Crippen LogP contribution is -2.48. The Kier molecular flexibility index (Phi) is 9.45.